The van der Waals surface area contributed by atoms with Gasteiger partial charge in [-0.25, -0.2) is 4.98 Å². The van der Waals surface area contributed by atoms with Crippen molar-refractivity contribution in [3.63, 3.8) is 0 Å². The predicted molar refractivity (Wildman–Crippen MR) is 111 cm³/mol. The van der Waals surface area contributed by atoms with Crippen molar-refractivity contribution in [3.05, 3.63) is 95.7 Å². The fraction of sp³-hybridized carbons (Fsp3) is 0. The minimum Gasteiger partial charge on any atom is -0.542 e. The minimum absolute atomic E-state index is 0.154. The molecule has 0 fully saturated rings. The van der Waals surface area contributed by atoms with Crippen molar-refractivity contribution in [3.8, 4) is 0 Å². The normalized spacial score (nSPS) is 11.2. The van der Waals surface area contributed by atoms with Gasteiger partial charge in [-0.05, 0) is 24.3 Å². The number of fused-ring (bicyclic) bond motifs is 3. The average molecular weight is 401 g/mol. The molecule has 4 rings (SSSR count). The van der Waals surface area contributed by atoms with Crippen molar-refractivity contribution in [2.45, 2.75) is 0 Å². The Labute approximate surface area is 168 Å². The van der Waals surface area contributed by atoms with Crippen molar-refractivity contribution < 1.29 is 14.3 Å². The van der Waals surface area contributed by atoms with Crippen LogP contribution in [0.5, 0.6) is 0 Å². The molecule has 1 atom stereocenters. The largest absolute Gasteiger partial charge is 0.542 e. The summed E-state index contributed by atoms with van der Waals surface area (Å²) in [7, 11) is -0.154. The monoisotopic (exact) mass is 401 g/mol. The Bertz CT molecular complexity index is 1360. The van der Waals surface area contributed by atoms with Crippen molar-refractivity contribution in [2.24, 2.45) is 0 Å². The summed E-state index contributed by atoms with van der Waals surface area (Å²) < 4.78 is 6.78. The van der Waals surface area contributed by atoms with Gasteiger partial charge in [-0.3, -0.25) is 4.98 Å². The second kappa shape index (κ2) is 8.45. The highest BCUT2D eigenvalue weighted by Gasteiger charge is 2.32. The molecule has 0 spiro atoms. The number of nitrogens with zero attached hydrogens (tertiary/aromatic N) is 3. The first-order valence-corrected chi connectivity index (χ1v) is 10.0. The molecule has 1 unspecified atom stereocenters. The summed E-state index contributed by atoms with van der Waals surface area (Å²) in [4.78, 5) is 25.0. The lowest BCUT2D eigenvalue weighted by atomic mass is 10.2. The Morgan fingerprint density at radius 2 is 1.59 bits per heavy atom. The van der Waals surface area contributed by atoms with Crippen molar-refractivity contribution in [1.82, 2.24) is 15.0 Å². The van der Waals surface area contributed by atoms with E-state index >= 15 is 0 Å². The van der Waals surface area contributed by atoms with E-state index in [1.54, 1.807) is 42.7 Å². The summed E-state index contributed by atoms with van der Waals surface area (Å²) in [6, 6.07) is 19.2. The van der Waals surface area contributed by atoms with Gasteiger partial charge in [0.15, 0.2) is 5.76 Å². The summed E-state index contributed by atoms with van der Waals surface area (Å²) in [6.45, 7) is 0. The predicted octanol–water partition coefficient (Wildman–Crippen LogP) is 3.14. The zero-order chi connectivity index (χ0) is 20.1. The lowest BCUT2D eigenvalue weighted by molar-refractivity contribution is -0.257. The van der Waals surface area contributed by atoms with Gasteiger partial charge in [-0.15, -0.1) is 0 Å². The molecule has 0 N–H and O–H groups in total. The van der Waals surface area contributed by atoms with Gasteiger partial charge < -0.3 is 14.3 Å². The van der Waals surface area contributed by atoms with E-state index in [4.69, 9.17) is 4.42 Å². The molecule has 0 saturated heterocycles. The molecule has 6 nitrogen and oxygen atoms in total. The number of carboxylic acid groups (broad SMARTS) is 1. The first-order chi connectivity index (χ1) is 14.3. The second-order valence-electron chi connectivity index (χ2n) is 5.86. The summed E-state index contributed by atoms with van der Waals surface area (Å²) in [6.07, 6.45) is 4.75. The van der Waals surface area contributed by atoms with E-state index in [0.29, 0.717) is 0 Å². The van der Waals surface area contributed by atoms with E-state index in [1.807, 2.05) is 30.3 Å². The van der Waals surface area contributed by atoms with Crippen LogP contribution < -0.4 is 9.64 Å². The maximum absolute atomic E-state index is 11.5. The summed E-state index contributed by atoms with van der Waals surface area (Å²) in [5.41, 5.74) is 0.204. The summed E-state index contributed by atoms with van der Waals surface area (Å²) in [5.74, 6) is -1.75. The number of thiophene rings is 1. The van der Waals surface area contributed by atoms with Gasteiger partial charge in [0, 0.05) is 12.4 Å². The Hall–Kier alpha value is -3.84. The third kappa shape index (κ3) is 4.20. The van der Waals surface area contributed by atoms with Crippen LogP contribution in [0.4, 0.5) is 0 Å². The standard InChI is InChI=1S/C22H15N3O3S/c26-22(27)17-11-7-3-1-2-4-8-12-23-13-9-5-6-10-16-18-14-29(18)21-19(16)20(28-17)24-15-25-21/h1-15H. The highest BCUT2D eigenvalue weighted by molar-refractivity contribution is 7.52. The van der Waals surface area contributed by atoms with Gasteiger partial charge in [-0.1, -0.05) is 42.5 Å². The number of hydrogen-bond donors (Lipinski definition) is 0. The van der Waals surface area contributed by atoms with Gasteiger partial charge in [-0.2, -0.15) is 4.98 Å². The fourth-order valence-electron chi connectivity index (χ4n) is 2.65. The maximum atomic E-state index is 11.5. The van der Waals surface area contributed by atoms with Crippen LogP contribution in [-0.2, 0) is 0 Å². The Morgan fingerprint density at radius 3 is 2.38 bits per heavy atom. The topological polar surface area (TPSA) is 91.9 Å². The number of carbonyl (C=O) groups excluding carboxylic acids is 1. The molecule has 0 bridgehead atoms. The number of carbonyl (C=O) groups is 1. The molecule has 142 valence electrons. The van der Waals surface area contributed by atoms with Crippen LogP contribution in [0.1, 0.15) is 10.6 Å². The molecule has 1 aliphatic rings. The zero-order valence-electron chi connectivity index (χ0n) is 15.1. The molecule has 0 aliphatic carbocycles. The fourth-order valence-corrected chi connectivity index (χ4v) is 4.40. The van der Waals surface area contributed by atoms with Crippen LogP contribution in [0.15, 0.2) is 89.9 Å². The van der Waals surface area contributed by atoms with Gasteiger partial charge in [0.1, 0.15) is 17.7 Å². The Morgan fingerprint density at radius 1 is 0.897 bits per heavy atom. The Balaban J connectivity index is 2.04. The lowest BCUT2D eigenvalue weighted by Crippen LogP contribution is -2.21. The smallest absolute Gasteiger partial charge is 0.287 e. The number of rotatable bonds is 1. The first kappa shape index (κ1) is 18.5. The second-order valence-corrected chi connectivity index (χ2v) is 7.60. The third-order valence-corrected chi connectivity index (χ3v) is 5.72. The summed E-state index contributed by atoms with van der Waals surface area (Å²) in [5, 5.41) is 15.3. The quantitative estimate of drug-likeness (QED) is 0.455. The molecule has 3 aromatic rings. The third-order valence-electron chi connectivity index (χ3n) is 3.97. The van der Waals surface area contributed by atoms with Crippen LogP contribution in [0.3, 0.4) is 0 Å². The summed E-state index contributed by atoms with van der Waals surface area (Å²) >= 11 is 0. The van der Waals surface area contributed by atoms with Gasteiger partial charge >= 0.3 is 0 Å². The molecule has 3 aromatic heterocycles. The van der Waals surface area contributed by atoms with Gasteiger partial charge in [0.25, 0.3) is 4.83 Å². The lowest BCUT2D eigenvalue weighted by Gasteiger charge is -1.98. The highest BCUT2D eigenvalue weighted by Crippen LogP contribution is 2.38. The number of carboxylic acids is 1. The average Bonchev–Trinajstić information content (AvgIpc) is 3.44. The van der Waals surface area contributed by atoms with E-state index in [9.17, 15) is 9.90 Å². The molecule has 0 radical (unpaired) electrons. The van der Waals surface area contributed by atoms with Crippen LogP contribution in [0.2, 0.25) is 0 Å². The van der Waals surface area contributed by atoms with Gasteiger partial charge in [0.2, 0.25) is 15.7 Å². The van der Waals surface area contributed by atoms with Crippen molar-refractivity contribution in [2.75, 3.05) is 0 Å². The SMILES string of the molecule is O=C([O-])c1ccccccccncccccc2c3[s+](c4ncnc(o1)c24)C=3. The van der Waals surface area contributed by atoms with Crippen molar-refractivity contribution >= 4 is 43.2 Å². The van der Waals surface area contributed by atoms with Crippen LogP contribution >= 0.6 is 10.5 Å². The van der Waals surface area contributed by atoms with Crippen LogP contribution in [0.25, 0.3) is 26.7 Å². The number of aromatic carboxylic acids is 1. The number of aromatic nitrogens is 3. The van der Waals surface area contributed by atoms with E-state index in [-0.39, 0.29) is 21.9 Å². The highest BCUT2D eigenvalue weighted by atomic mass is 32.2. The molecule has 4 heterocycles. The number of hydrogen-bond acceptors (Lipinski definition) is 6. The van der Waals surface area contributed by atoms with E-state index in [0.717, 1.165) is 20.1 Å². The van der Waals surface area contributed by atoms with E-state index in [2.05, 4.69) is 20.4 Å². The van der Waals surface area contributed by atoms with E-state index in [1.165, 1.54) is 12.4 Å². The van der Waals surface area contributed by atoms with Gasteiger partial charge in [0.05, 0.1) is 15.9 Å². The van der Waals surface area contributed by atoms with Crippen molar-refractivity contribution in [1.29, 1.82) is 0 Å². The maximum Gasteiger partial charge on any atom is 0.287 e. The molecule has 1 aliphatic heterocycles. The molecule has 0 aromatic carbocycles. The molecular formula is C22H15N3O3S. The molecule has 7 heteroatoms. The molecular weight excluding hydrogens is 386 g/mol. The van der Waals surface area contributed by atoms with E-state index < -0.39 is 5.97 Å². The van der Waals surface area contributed by atoms with Crippen LogP contribution in [0, 0.1) is 0 Å². The first-order valence-electron chi connectivity index (χ1n) is 8.72. The molecule has 0 saturated carbocycles. The molecule has 0 amide bonds. The van der Waals surface area contributed by atoms with Crippen LogP contribution in [-0.4, -0.2) is 20.9 Å². The Kier molecular flexibility index (Phi) is 5.40. The zero-order valence-corrected chi connectivity index (χ0v) is 16.0. The minimum atomic E-state index is -1.42. The molecule has 29 heavy (non-hydrogen) atoms.